The van der Waals surface area contributed by atoms with Crippen molar-refractivity contribution in [2.45, 2.75) is 18.9 Å². The van der Waals surface area contributed by atoms with Crippen LogP contribution < -0.4 is 5.32 Å². The summed E-state index contributed by atoms with van der Waals surface area (Å²) in [5.74, 6) is 0.190. The highest BCUT2D eigenvalue weighted by Crippen LogP contribution is 2.25. The summed E-state index contributed by atoms with van der Waals surface area (Å²) < 4.78 is 5.16. The molecular weight excluding hydrogens is 264 g/mol. The average molecular weight is 286 g/mol. The zero-order valence-electron chi connectivity index (χ0n) is 12.5. The van der Waals surface area contributed by atoms with Gasteiger partial charge in [0.05, 0.1) is 6.61 Å². The van der Waals surface area contributed by atoms with E-state index >= 15 is 0 Å². The number of rotatable bonds is 3. The fraction of sp³-hybridized carbons (Fsp3) is 0.471. The minimum absolute atomic E-state index is 0.188. The Balaban J connectivity index is 1.73. The van der Waals surface area contributed by atoms with Gasteiger partial charge in [0, 0.05) is 26.7 Å². The molecule has 112 valence electrons. The molecule has 0 spiro atoms. The Morgan fingerprint density at radius 1 is 1.38 bits per heavy atom. The lowest BCUT2D eigenvalue weighted by Crippen LogP contribution is -2.45. The predicted molar refractivity (Wildman–Crippen MR) is 82.0 cm³/mol. The number of fused-ring (bicyclic) bond motifs is 1. The second kappa shape index (κ2) is 6.41. The third kappa shape index (κ3) is 3.01. The minimum atomic E-state index is -0.188. The van der Waals surface area contributed by atoms with Crippen molar-refractivity contribution in [3.8, 4) is 0 Å². The lowest BCUT2D eigenvalue weighted by Gasteiger charge is -2.33. The summed E-state index contributed by atoms with van der Waals surface area (Å²) in [7, 11) is 1.71. The van der Waals surface area contributed by atoms with Crippen LogP contribution in [-0.4, -0.2) is 44.2 Å². The molecule has 4 heteroatoms. The van der Waals surface area contributed by atoms with Crippen molar-refractivity contribution in [1.29, 1.82) is 0 Å². The third-order valence-corrected chi connectivity index (χ3v) is 4.30. The summed E-state index contributed by atoms with van der Waals surface area (Å²) in [6.07, 6.45) is 4.03. The summed E-state index contributed by atoms with van der Waals surface area (Å²) >= 11 is 0. The van der Waals surface area contributed by atoms with Crippen molar-refractivity contribution in [3.05, 3.63) is 47.0 Å². The van der Waals surface area contributed by atoms with Crippen LogP contribution in [0.1, 0.15) is 23.6 Å². The van der Waals surface area contributed by atoms with E-state index in [1.54, 1.807) is 7.11 Å². The second-order valence-electron chi connectivity index (χ2n) is 5.67. The van der Waals surface area contributed by atoms with E-state index < -0.39 is 0 Å². The number of benzene rings is 1. The number of hydrogen-bond acceptors (Lipinski definition) is 3. The number of carbonyl (C=O) groups is 1. The Morgan fingerprint density at radius 3 is 3.00 bits per heavy atom. The van der Waals surface area contributed by atoms with Gasteiger partial charge in [0.25, 0.3) is 0 Å². The zero-order chi connectivity index (χ0) is 14.7. The van der Waals surface area contributed by atoms with Crippen molar-refractivity contribution in [2.24, 2.45) is 0 Å². The monoisotopic (exact) mass is 286 g/mol. The molecule has 1 atom stereocenters. The fourth-order valence-electron chi connectivity index (χ4n) is 3.14. The van der Waals surface area contributed by atoms with Crippen molar-refractivity contribution < 1.29 is 9.53 Å². The molecule has 1 aromatic rings. The van der Waals surface area contributed by atoms with E-state index in [1.165, 1.54) is 11.1 Å². The zero-order valence-corrected chi connectivity index (χ0v) is 12.5. The largest absolute Gasteiger partial charge is 0.380 e. The van der Waals surface area contributed by atoms with E-state index in [2.05, 4.69) is 23.5 Å². The summed E-state index contributed by atoms with van der Waals surface area (Å²) in [5.41, 5.74) is 3.72. The van der Waals surface area contributed by atoms with Gasteiger partial charge in [-0.25, -0.2) is 0 Å². The van der Waals surface area contributed by atoms with Crippen LogP contribution in [0, 0.1) is 0 Å². The Bertz CT molecular complexity index is 553. The Hall–Kier alpha value is -1.65. The van der Waals surface area contributed by atoms with E-state index in [1.807, 2.05) is 17.0 Å². The Kier molecular flexibility index (Phi) is 4.36. The van der Waals surface area contributed by atoms with Gasteiger partial charge in [-0.3, -0.25) is 4.79 Å². The predicted octanol–water partition coefficient (Wildman–Crippen LogP) is 1.68. The van der Waals surface area contributed by atoms with Gasteiger partial charge >= 0.3 is 0 Å². The first kappa shape index (κ1) is 14.3. The first-order valence-electron chi connectivity index (χ1n) is 7.56. The molecule has 0 saturated carbocycles. The molecule has 2 heterocycles. The molecule has 1 amide bonds. The molecule has 1 aromatic carbocycles. The molecule has 4 nitrogen and oxygen atoms in total. The quantitative estimate of drug-likeness (QED) is 0.860. The maximum absolute atomic E-state index is 12.8. The highest BCUT2D eigenvalue weighted by molar-refractivity contribution is 5.84. The molecule has 0 fully saturated rings. The fourth-order valence-corrected chi connectivity index (χ4v) is 3.14. The van der Waals surface area contributed by atoms with E-state index in [0.29, 0.717) is 13.2 Å². The molecule has 2 aliphatic heterocycles. The number of nitrogens with one attached hydrogen (secondary N) is 1. The summed E-state index contributed by atoms with van der Waals surface area (Å²) in [6, 6.07) is 8.07. The first-order chi connectivity index (χ1) is 10.3. The van der Waals surface area contributed by atoms with Crippen molar-refractivity contribution >= 4 is 5.91 Å². The van der Waals surface area contributed by atoms with E-state index in [4.69, 9.17) is 4.74 Å². The van der Waals surface area contributed by atoms with Crippen molar-refractivity contribution in [1.82, 2.24) is 10.2 Å². The second-order valence-corrected chi connectivity index (χ2v) is 5.67. The third-order valence-electron chi connectivity index (χ3n) is 4.30. The maximum Gasteiger partial charge on any atom is 0.244 e. The molecule has 0 saturated heterocycles. The van der Waals surface area contributed by atoms with Gasteiger partial charge < -0.3 is 15.0 Å². The molecule has 2 aliphatic rings. The number of hydrogen-bond donors (Lipinski definition) is 1. The van der Waals surface area contributed by atoms with Crippen molar-refractivity contribution in [2.75, 3.05) is 33.4 Å². The number of amides is 1. The summed E-state index contributed by atoms with van der Waals surface area (Å²) in [5, 5.41) is 3.37. The topological polar surface area (TPSA) is 41.6 Å². The molecule has 1 unspecified atom stereocenters. The molecule has 3 rings (SSSR count). The van der Waals surface area contributed by atoms with Gasteiger partial charge in [0.15, 0.2) is 0 Å². The van der Waals surface area contributed by atoms with E-state index in [-0.39, 0.29) is 11.9 Å². The minimum Gasteiger partial charge on any atom is -0.380 e. The Labute approximate surface area is 125 Å². The SMILES string of the molecule is COCC1=CCN(C(=O)C2NCCc3ccccc32)CC1. The standard InChI is InChI=1S/C17H22N2O2/c1-21-12-13-7-10-19(11-8-13)17(20)16-15-5-3-2-4-14(15)6-9-18-16/h2-5,7,16,18H,6,8-12H2,1H3. The van der Waals surface area contributed by atoms with Crippen LogP contribution in [0.3, 0.4) is 0 Å². The number of ether oxygens (including phenoxy) is 1. The van der Waals surface area contributed by atoms with Crippen LogP contribution in [0.25, 0.3) is 0 Å². The highest BCUT2D eigenvalue weighted by Gasteiger charge is 2.30. The van der Waals surface area contributed by atoms with Gasteiger partial charge in [-0.05, 0) is 29.5 Å². The summed E-state index contributed by atoms with van der Waals surface area (Å²) in [4.78, 5) is 14.7. The van der Waals surface area contributed by atoms with Crippen molar-refractivity contribution in [3.63, 3.8) is 0 Å². The molecular formula is C17H22N2O2. The van der Waals surface area contributed by atoms with Gasteiger partial charge in [0.1, 0.15) is 6.04 Å². The van der Waals surface area contributed by atoms with E-state index in [9.17, 15) is 4.79 Å². The molecule has 0 aromatic heterocycles. The normalized spacial score (nSPS) is 21.7. The van der Waals surface area contributed by atoms with Crippen LogP contribution in [0.15, 0.2) is 35.9 Å². The molecule has 21 heavy (non-hydrogen) atoms. The van der Waals surface area contributed by atoms with Gasteiger partial charge in [0.2, 0.25) is 5.91 Å². The van der Waals surface area contributed by atoms with Gasteiger partial charge in [-0.15, -0.1) is 0 Å². The average Bonchev–Trinajstić information content (AvgIpc) is 2.55. The smallest absolute Gasteiger partial charge is 0.244 e. The molecule has 0 bridgehead atoms. The first-order valence-corrected chi connectivity index (χ1v) is 7.56. The molecule has 0 aliphatic carbocycles. The lowest BCUT2D eigenvalue weighted by molar-refractivity contribution is -0.133. The molecule has 0 radical (unpaired) electrons. The van der Waals surface area contributed by atoms with Crippen LogP contribution in [0.5, 0.6) is 0 Å². The van der Waals surface area contributed by atoms with Crippen LogP contribution in [0.4, 0.5) is 0 Å². The number of nitrogens with zero attached hydrogens (tertiary/aromatic N) is 1. The molecule has 1 N–H and O–H groups in total. The highest BCUT2D eigenvalue weighted by atomic mass is 16.5. The number of carbonyl (C=O) groups excluding carboxylic acids is 1. The van der Waals surface area contributed by atoms with E-state index in [0.717, 1.165) is 31.5 Å². The van der Waals surface area contributed by atoms with Crippen LogP contribution in [-0.2, 0) is 16.0 Å². The van der Waals surface area contributed by atoms with Gasteiger partial charge in [-0.2, -0.15) is 0 Å². The van der Waals surface area contributed by atoms with Gasteiger partial charge in [-0.1, -0.05) is 30.3 Å². The maximum atomic E-state index is 12.8. The van der Waals surface area contributed by atoms with Crippen LogP contribution in [0.2, 0.25) is 0 Å². The van der Waals surface area contributed by atoms with Crippen LogP contribution >= 0.6 is 0 Å². The number of methoxy groups -OCH3 is 1. The Morgan fingerprint density at radius 2 is 2.24 bits per heavy atom. The lowest BCUT2D eigenvalue weighted by atomic mass is 9.93. The summed E-state index contributed by atoms with van der Waals surface area (Å²) in [6.45, 7) is 3.02.